The number of carboxylic acid groups (broad SMARTS) is 2. The molecule has 0 spiro atoms. The zero-order valence-corrected chi connectivity index (χ0v) is 27.6. The largest absolute Gasteiger partial charge is 0.481 e. The van der Waals surface area contributed by atoms with E-state index in [2.05, 4.69) is 21.3 Å². The number of nitrogens with one attached hydrogen (secondary N) is 4. The maximum atomic E-state index is 13.6. The molecule has 3 rings (SSSR count). The summed E-state index contributed by atoms with van der Waals surface area (Å²) < 4.78 is 0. The molecule has 280 valence electrons. The lowest BCUT2D eigenvalue weighted by Crippen LogP contribution is -2.58. The second kappa shape index (κ2) is 18.6. The molecule has 1 heterocycles. The fourth-order valence-electron chi connectivity index (χ4n) is 5.44. The minimum Gasteiger partial charge on any atom is -0.481 e. The number of nitro benzene ring substituents is 2. The number of anilines is 2. The highest BCUT2D eigenvalue weighted by molar-refractivity contribution is 6.02. The van der Waals surface area contributed by atoms with Gasteiger partial charge < -0.3 is 47.2 Å². The van der Waals surface area contributed by atoms with Crippen LogP contribution in [0.25, 0.3) is 0 Å². The van der Waals surface area contributed by atoms with Crippen LogP contribution in [-0.4, -0.2) is 109 Å². The fraction of sp³-hybridized carbons (Fsp3) is 0.419. The Hall–Kier alpha value is -6.38. The molecule has 21 heteroatoms. The topological polar surface area (TPSA) is 327 Å². The third-order valence-corrected chi connectivity index (χ3v) is 8.08. The Bertz CT molecular complexity index is 1700. The number of carbonyl (C=O) groups excluding carboxylic acids is 4. The number of nitro groups is 2. The van der Waals surface area contributed by atoms with Crippen molar-refractivity contribution >= 4 is 58.3 Å². The summed E-state index contributed by atoms with van der Waals surface area (Å²) in [5.41, 5.74) is 4.81. The summed E-state index contributed by atoms with van der Waals surface area (Å²) in [5, 5.41) is 61.0. The minimum atomic E-state index is -1.81. The van der Waals surface area contributed by atoms with E-state index in [1.165, 1.54) is 24.3 Å². The van der Waals surface area contributed by atoms with E-state index in [0.717, 1.165) is 17.0 Å². The van der Waals surface area contributed by atoms with Gasteiger partial charge in [-0.3, -0.25) is 44.2 Å². The van der Waals surface area contributed by atoms with Crippen molar-refractivity contribution in [1.29, 1.82) is 0 Å². The molecule has 0 saturated carbocycles. The average molecular weight is 731 g/mol. The Labute approximate surface area is 294 Å². The summed E-state index contributed by atoms with van der Waals surface area (Å²) in [6.45, 7) is -0.808. The second-order valence-corrected chi connectivity index (χ2v) is 11.7. The molecule has 0 aliphatic carbocycles. The summed E-state index contributed by atoms with van der Waals surface area (Å²) in [5.74, 6) is -6.68. The molecule has 2 aromatic carbocycles. The van der Waals surface area contributed by atoms with Crippen LogP contribution in [0, 0.1) is 20.2 Å². The predicted octanol–water partition coefficient (Wildman–Crippen LogP) is -0.0218. The van der Waals surface area contributed by atoms with Crippen LogP contribution in [-0.2, 0) is 24.0 Å². The van der Waals surface area contributed by atoms with Gasteiger partial charge in [-0.15, -0.1) is 0 Å². The maximum Gasteiger partial charge on any atom is 0.326 e. The first-order valence-electron chi connectivity index (χ1n) is 15.9. The van der Waals surface area contributed by atoms with Crippen LogP contribution in [0.4, 0.5) is 22.7 Å². The molecular formula is C31H38N8O13. The molecule has 2 aromatic rings. The number of amides is 4. The maximum absolute atomic E-state index is 13.6. The lowest BCUT2D eigenvalue weighted by molar-refractivity contribution is -0.393. The van der Waals surface area contributed by atoms with Gasteiger partial charge in [0.15, 0.2) is 0 Å². The van der Waals surface area contributed by atoms with Crippen LogP contribution < -0.4 is 27.0 Å². The number of likely N-dealkylation sites (tertiary alicyclic amines) is 1. The number of para-hydroxylation sites is 1. The van der Waals surface area contributed by atoms with Crippen molar-refractivity contribution in [3.8, 4) is 0 Å². The lowest BCUT2D eigenvalue weighted by Gasteiger charge is -2.29. The highest BCUT2D eigenvalue weighted by Crippen LogP contribution is 2.29. The standard InChI is InChI=1S/C31H38N8O13/c32-19-7-2-1-6-18(19)27(43)36-23(16-40)29(45)35-22(15-26(41)42)28(44)34-21(30(46)37-13-5-9-24(37)31(47)48)8-3-4-12-33-20-11-10-17(38(49)50)14-25(20)39(51)52/h1-2,6-7,10-11,14,21-24,33,40H,3-5,8-9,12-13,15-16,32H2,(H,34,44)(H,35,45)(H,36,43)(H,41,42)(H,47,48)/t21-,22-,23-,24-/m0/s1. The number of unbranched alkanes of at least 4 members (excludes halogenated alkanes) is 1. The minimum absolute atomic E-state index is 0.00485. The molecule has 9 N–H and O–H groups in total. The van der Waals surface area contributed by atoms with Gasteiger partial charge in [0.25, 0.3) is 17.3 Å². The van der Waals surface area contributed by atoms with Gasteiger partial charge in [-0.05, 0) is 50.3 Å². The number of aliphatic hydroxyl groups is 1. The van der Waals surface area contributed by atoms with E-state index >= 15 is 0 Å². The number of nitrogens with zero attached hydrogens (tertiary/aromatic N) is 3. The number of nitrogen functional groups attached to an aromatic ring is 1. The molecule has 1 aliphatic heterocycles. The Morgan fingerprint density at radius 2 is 1.58 bits per heavy atom. The van der Waals surface area contributed by atoms with Crippen molar-refractivity contribution in [2.45, 2.75) is 62.7 Å². The van der Waals surface area contributed by atoms with E-state index < -0.39 is 94.0 Å². The molecule has 4 amide bonds. The Morgan fingerprint density at radius 1 is 0.904 bits per heavy atom. The van der Waals surface area contributed by atoms with Crippen LogP contribution in [0.5, 0.6) is 0 Å². The van der Waals surface area contributed by atoms with E-state index in [9.17, 15) is 64.3 Å². The Morgan fingerprint density at radius 3 is 2.19 bits per heavy atom. The summed E-state index contributed by atoms with van der Waals surface area (Å²) in [4.78, 5) is 98.2. The number of nitrogens with two attached hydrogens (primary N) is 1. The van der Waals surface area contributed by atoms with Gasteiger partial charge >= 0.3 is 11.9 Å². The molecule has 0 radical (unpaired) electrons. The summed E-state index contributed by atoms with van der Waals surface area (Å²) in [6.07, 6.45) is -0.181. The highest BCUT2D eigenvalue weighted by atomic mass is 16.6. The molecular weight excluding hydrogens is 692 g/mol. The zero-order chi connectivity index (χ0) is 38.5. The molecule has 1 fully saturated rings. The van der Waals surface area contributed by atoms with E-state index in [1.54, 1.807) is 6.07 Å². The molecule has 1 saturated heterocycles. The monoisotopic (exact) mass is 730 g/mol. The molecule has 4 atom stereocenters. The zero-order valence-electron chi connectivity index (χ0n) is 27.6. The lowest BCUT2D eigenvalue weighted by atomic mass is 10.1. The molecule has 1 aliphatic rings. The van der Waals surface area contributed by atoms with Crippen LogP contribution in [0.3, 0.4) is 0 Å². The number of aliphatic carboxylic acids is 2. The molecule has 0 aromatic heterocycles. The van der Waals surface area contributed by atoms with E-state index in [-0.39, 0.29) is 55.7 Å². The Kier molecular flexibility index (Phi) is 14.3. The van der Waals surface area contributed by atoms with Gasteiger partial charge in [-0.25, -0.2) is 4.79 Å². The third kappa shape index (κ3) is 10.8. The number of carbonyl (C=O) groups is 6. The first kappa shape index (κ1) is 40.1. The van der Waals surface area contributed by atoms with Gasteiger partial charge in [-0.1, -0.05) is 12.1 Å². The average Bonchev–Trinajstić information content (AvgIpc) is 3.59. The van der Waals surface area contributed by atoms with Crippen molar-refractivity contribution in [2.75, 3.05) is 30.7 Å². The molecule has 52 heavy (non-hydrogen) atoms. The number of hydrogen-bond donors (Lipinski definition) is 8. The summed E-state index contributed by atoms with van der Waals surface area (Å²) in [6, 6.07) is 2.86. The Balaban J connectivity index is 1.74. The molecule has 0 bridgehead atoms. The van der Waals surface area contributed by atoms with Gasteiger partial charge in [-0.2, -0.15) is 0 Å². The van der Waals surface area contributed by atoms with E-state index in [4.69, 9.17) is 5.73 Å². The van der Waals surface area contributed by atoms with Crippen LogP contribution in [0.1, 0.15) is 48.9 Å². The fourth-order valence-corrected chi connectivity index (χ4v) is 5.44. The number of carboxylic acids is 2. The van der Waals surface area contributed by atoms with Crippen LogP contribution in [0.15, 0.2) is 42.5 Å². The predicted molar refractivity (Wildman–Crippen MR) is 180 cm³/mol. The van der Waals surface area contributed by atoms with Gasteiger partial charge in [0, 0.05) is 24.8 Å². The first-order valence-corrected chi connectivity index (χ1v) is 15.9. The highest BCUT2D eigenvalue weighted by Gasteiger charge is 2.38. The van der Waals surface area contributed by atoms with Crippen LogP contribution in [0.2, 0.25) is 0 Å². The van der Waals surface area contributed by atoms with Crippen molar-refractivity contribution in [3.05, 3.63) is 68.3 Å². The normalized spacial score (nSPS) is 15.4. The first-order chi connectivity index (χ1) is 24.6. The quantitative estimate of drug-likeness (QED) is 0.0407. The SMILES string of the molecule is Nc1ccccc1C(=O)N[C@@H](CO)C(=O)N[C@@H](CC(=O)O)C(=O)N[C@@H](CCCCNc1ccc([N+](=O)[O-])cc1[N+](=O)[O-])C(=O)N1CCC[C@H]1C(=O)O. The number of hydrogen-bond acceptors (Lipinski definition) is 13. The summed E-state index contributed by atoms with van der Waals surface area (Å²) >= 11 is 0. The number of non-ortho nitro benzene ring substituents is 1. The number of rotatable bonds is 19. The van der Waals surface area contributed by atoms with Crippen molar-refractivity contribution < 1.29 is 53.9 Å². The third-order valence-electron chi connectivity index (χ3n) is 8.08. The summed E-state index contributed by atoms with van der Waals surface area (Å²) in [7, 11) is 0. The van der Waals surface area contributed by atoms with Crippen molar-refractivity contribution in [2.24, 2.45) is 0 Å². The van der Waals surface area contributed by atoms with Crippen molar-refractivity contribution in [1.82, 2.24) is 20.9 Å². The van der Waals surface area contributed by atoms with Gasteiger partial charge in [0.2, 0.25) is 17.7 Å². The smallest absolute Gasteiger partial charge is 0.326 e. The second-order valence-electron chi connectivity index (χ2n) is 11.7. The van der Waals surface area contributed by atoms with Crippen LogP contribution >= 0.6 is 0 Å². The van der Waals surface area contributed by atoms with Crippen molar-refractivity contribution in [3.63, 3.8) is 0 Å². The number of aliphatic hydroxyl groups excluding tert-OH is 1. The van der Waals surface area contributed by atoms with E-state index in [0.29, 0.717) is 6.42 Å². The number of benzene rings is 2. The van der Waals surface area contributed by atoms with Gasteiger partial charge in [0.05, 0.1) is 34.5 Å². The molecule has 0 unspecified atom stereocenters. The van der Waals surface area contributed by atoms with Gasteiger partial charge in [0.1, 0.15) is 29.9 Å². The molecule has 21 nitrogen and oxygen atoms in total. The van der Waals surface area contributed by atoms with E-state index in [1.807, 2.05) is 0 Å².